The van der Waals surface area contributed by atoms with E-state index in [0.717, 1.165) is 5.56 Å². The zero-order chi connectivity index (χ0) is 24.2. The van der Waals surface area contributed by atoms with Crippen molar-refractivity contribution in [3.05, 3.63) is 48.5 Å². The molecule has 2 heterocycles. The number of rotatable bonds is 9. The molecule has 5 unspecified atom stereocenters. The number of benzene rings is 1. The SMILES string of the molecule is CONC(Cc1ccccc1)C(=O)NC1C(CO)CC(n2cnc3c(N(C)C)ncnc32)C1O. The summed E-state index contributed by atoms with van der Waals surface area (Å²) in [5.41, 5.74) is 4.93. The van der Waals surface area contributed by atoms with Crippen molar-refractivity contribution in [1.82, 2.24) is 30.3 Å². The van der Waals surface area contributed by atoms with Crippen molar-refractivity contribution in [3.63, 3.8) is 0 Å². The Hall–Kier alpha value is -3.12. The molecular formula is C23H31N7O4. The molecule has 34 heavy (non-hydrogen) atoms. The number of carbonyl (C=O) groups is 1. The molecule has 1 aliphatic carbocycles. The molecule has 1 aromatic carbocycles. The van der Waals surface area contributed by atoms with Gasteiger partial charge in [0.2, 0.25) is 5.91 Å². The van der Waals surface area contributed by atoms with E-state index in [1.54, 1.807) is 10.9 Å². The van der Waals surface area contributed by atoms with E-state index in [0.29, 0.717) is 29.8 Å². The molecule has 1 fully saturated rings. The van der Waals surface area contributed by atoms with E-state index in [1.165, 1.54) is 13.4 Å². The number of hydrogen-bond donors (Lipinski definition) is 4. The average Bonchev–Trinajstić information content (AvgIpc) is 3.40. The fraction of sp³-hybridized carbons (Fsp3) is 0.478. The minimum Gasteiger partial charge on any atom is -0.396 e. The topological polar surface area (TPSA) is 138 Å². The van der Waals surface area contributed by atoms with Crippen LogP contribution in [0.5, 0.6) is 0 Å². The summed E-state index contributed by atoms with van der Waals surface area (Å²) in [4.78, 5) is 33.2. The predicted octanol–water partition coefficient (Wildman–Crippen LogP) is 0.0536. The second kappa shape index (κ2) is 10.4. The molecule has 0 saturated heterocycles. The van der Waals surface area contributed by atoms with Gasteiger partial charge in [-0.05, 0) is 18.4 Å². The van der Waals surface area contributed by atoms with E-state index in [2.05, 4.69) is 25.7 Å². The molecule has 1 aliphatic rings. The molecule has 0 aliphatic heterocycles. The minimum atomic E-state index is -0.948. The van der Waals surface area contributed by atoms with Gasteiger partial charge in [0.05, 0.1) is 31.6 Å². The van der Waals surface area contributed by atoms with Crippen LogP contribution in [0.3, 0.4) is 0 Å². The molecule has 0 radical (unpaired) electrons. The Labute approximate surface area is 197 Å². The highest BCUT2D eigenvalue weighted by molar-refractivity contribution is 5.83. The highest BCUT2D eigenvalue weighted by atomic mass is 16.6. The molecule has 5 atom stereocenters. The largest absolute Gasteiger partial charge is 0.396 e. The number of carbonyl (C=O) groups excluding carboxylic acids is 1. The maximum Gasteiger partial charge on any atom is 0.240 e. The van der Waals surface area contributed by atoms with Crippen molar-refractivity contribution < 1.29 is 19.8 Å². The van der Waals surface area contributed by atoms with Crippen LogP contribution in [0.25, 0.3) is 11.2 Å². The fourth-order valence-electron chi connectivity index (χ4n) is 4.64. The summed E-state index contributed by atoms with van der Waals surface area (Å²) >= 11 is 0. The first kappa shape index (κ1) is 24.0. The smallest absolute Gasteiger partial charge is 0.240 e. The van der Waals surface area contributed by atoms with Gasteiger partial charge in [0, 0.05) is 26.6 Å². The highest BCUT2D eigenvalue weighted by Crippen LogP contribution is 2.37. The van der Waals surface area contributed by atoms with Crippen LogP contribution in [0.4, 0.5) is 5.82 Å². The molecule has 182 valence electrons. The number of nitrogens with one attached hydrogen (secondary N) is 2. The average molecular weight is 470 g/mol. The first-order valence-corrected chi connectivity index (χ1v) is 11.2. The van der Waals surface area contributed by atoms with Crippen molar-refractivity contribution in [1.29, 1.82) is 0 Å². The number of aromatic nitrogens is 4. The van der Waals surface area contributed by atoms with Crippen LogP contribution >= 0.6 is 0 Å². The summed E-state index contributed by atoms with van der Waals surface area (Å²) in [5, 5.41) is 24.2. The van der Waals surface area contributed by atoms with Gasteiger partial charge in [-0.15, -0.1) is 0 Å². The predicted molar refractivity (Wildman–Crippen MR) is 126 cm³/mol. The number of aliphatic hydroxyl groups is 2. The van der Waals surface area contributed by atoms with Crippen molar-refractivity contribution in [2.45, 2.75) is 37.1 Å². The Morgan fingerprint density at radius 2 is 2.03 bits per heavy atom. The molecule has 11 heteroatoms. The second-order valence-electron chi connectivity index (χ2n) is 8.75. The van der Waals surface area contributed by atoms with Crippen molar-refractivity contribution >= 4 is 22.9 Å². The monoisotopic (exact) mass is 469 g/mol. The number of fused-ring (bicyclic) bond motifs is 1. The van der Waals surface area contributed by atoms with Gasteiger partial charge in [-0.1, -0.05) is 30.3 Å². The summed E-state index contributed by atoms with van der Waals surface area (Å²) in [6.07, 6.45) is 3.01. The van der Waals surface area contributed by atoms with Crippen LogP contribution in [0.15, 0.2) is 43.0 Å². The van der Waals surface area contributed by atoms with Gasteiger partial charge in [-0.25, -0.2) is 15.0 Å². The quantitative estimate of drug-likeness (QED) is 0.320. The number of hydroxylamine groups is 1. The Morgan fingerprint density at radius 3 is 2.71 bits per heavy atom. The van der Waals surface area contributed by atoms with Crippen molar-refractivity contribution in [2.75, 3.05) is 32.7 Å². The van der Waals surface area contributed by atoms with Crippen LogP contribution in [0, 0.1) is 5.92 Å². The Balaban J connectivity index is 1.55. The third kappa shape index (κ3) is 4.73. The van der Waals surface area contributed by atoms with E-state index in [4.69, 9.17) is 4.84 Å². The molecule has 2 aromatic heterocycles. The van der Waals surface area contributed by atoms with Gasteiger partial charge < -0.3 is 29.8 Å². The summed E-state index contributed by atoms with van der Waals surface area (Å²) in [6, 6.07) is 7.87. The van der Waals surface area contributed by atoms with Gasteiger partial charge in [0.15, 0.2) is 17.0 Å². The zero-order valence-corrected chi connectivity index (χ0v) is 19.5. The highest BCUT2D eigenvalue weighted by Gasteiger charge is 2.45. The van der Waals surface area contributed by atoms with E-state index in [-0.39, 0.29) is 18.4 Å². The van der Waals surface area contributed by atoms with Crippen molar-refractivity contribution in [3.8, 4) is 0 Å². The molecule has 0 spiro atoms. The number of aliphatic hydroxyl groups excluding tert-OH is 2. The lowest BCUT2D eigenvalue weighted by Gasteiger charge is -2.26. The summed E-state index contributed by atoms with van der Waals surface area (Å²) in [5.74, 6) is 0.0206. The zero-order valence-electron chi connectivity index (χ0n) is 19.5. The van der Waals surface area contributed by atoms with Crippen LogP contribution in [0.1, 0.15) is 18.0 Å². The first-order valence-electron chi connectivity index (χ1n) is 11.2. The molecule has 11 nitrogen and oxygen atoms in total. The number of nitrogens with zero attached hydrogens (tertiary/aromatic N) is 5. The van der Waals surface area contributed by atoms with Gasteiger partial charge in [0.25, 0.3) is 0 Å². The van der Waals surface area contributed by atoms with Crippen LogP contribution in [-0.2, 0) is 16.1 Å². The molecule has 4 rings (SSSR count). The van der Waals surface area contributed by atoms with Crippen LogP contribution in [-0.4, -0.2) is 81.6 Å². The third-order valence-electron chi connectivity index (χ3n) is 6.34. The maximum absolute atomic E-state index is 13.1. The first-order chi connectivity index (χ1) is 16.4. The Bertz CT molecular complexity index is 1110. The van der Waals surface area contributed by atoms with E-state index in [9.17, 15) is 15.0 Å². The van der Waals surface area contributed by atoms with Gasteiger partial charge in [-0.3, -0.25) is 4.79 Å². The lowest BCUT2D eigenvalue weighted by Crippen LogP contribution is -2.53. The standard InChI is InChI=1S/C23H31N7O4/c1-29(2)21-19-22(25-12-24-21)30(13-26-19)17-10-15(11-31)18(20(17)32)27-23(33)16(28-34-3)9-14-7-5-4-6-8-14/h4-8,12-13,15-18,20,28,31-32H,9-11H2,1-3H3,(H,27,33). The summed E-state index contributed by atoms with van der Waals surface area (Å²) in [6.45, 7) is -0.176. The third-order valence-corrected chi connectivity index (χ3v) is 6.34. The van der Waals surface area contributed by atoms with Crippen LogP contribution < -0.4 is 15.7 Å². The van der Waals surface area contributed by atoms with E-state index in [1.807, 2.05) is 49.3 Å². The maximum atomic E-state index is 13.1. The summed E-state index contributed by atoms with van der Waals surface area (Å²) in [7, 11) is 5.20. The molecule has 1 amide bonds. The summed E-state index contributed by atoms with van der Waals surface area (Å²) < 4.78 is 1.80. The van der Waals surface area contributed by atoms with Crippen molar-refractivity contribution in [2.24, 2.45) is 5.92 Å². The minimum absolute atomic E-state index is 0.176. The van der Waals surface area contributed by atoms with E-state index < -0.39 is 24.2 Å². The lowest BCUT2D eigenvalue weighted by molar-refractivity contribution is -0.128. The van der Waals surface area contributed by atoms with Gasteiger partial charge >= 0.3 is 0 Å². The second-order valence-corrected chi connectivity index (χ2v) is 8.75. The van der Waals surface area contributed by atoms with E-state index >= 15 is 0 Å². The number of imidazole rings is 1. The number of hydrogen-bond acceptors (Lipinski definition) is 9. The molecule has 3 aromatic rings. The molecule has 4 N–H and O–H groups in total. The van der Waals surface area contributed by atoms with Gasteiger partial charge in [-0.2, -0.15) is 5.48 Å². The fourth-order valence-corrected chi connectivity index (χ4v) is 4.64. The Kier molecular flexibility index (Phi) is 7.37. The lowest BCUT2D eigenvalue weighted by atomic mass is 10.0. The van der Waals surface area contributed by atoms with Gasteiger partial charge in [0.1, 0.15) is 12.4 Å². The molecular weight excluding hydrogens is 438 g/mol. The number of anilines is 1. The molecule has 1 saturated carbocycles. The Morgan fingerprint density at radius 1 is 1.26 bits per heavy atom. The number of amides is 1. The van der Waals surface area contributed by atoms with Crippen LogP contribution in [0.2, 0.25) is 0 Å². The normalized spacial score (nSPS) is 23.2. The molecule has 0 bridgehead atoms.